The molecule has 1 aliphatic rings. The van der Waals surface area contributed by atoms with E-state index in [1.165, 1.54) is 13.0 Å². The maximum absolute atomic E-state index is 11.1. The van der Waals surface area contributed by atoms with Gasteiger partial charge >= 0.3 is 6.09 Å². The lowest BCUT2D eigenvalue weighted by atomic mass is 10.2. The molecule has 1 aliphatic heterocycles. The van der Waals surface area contributed by atoms with Gasteiger partial charge in [-0.3, -0.25) is 0 Å². The van der Waals surface area contributed by atoms with Gasteiger partial charge in [0.2, 0.25) is 0 Å². The van der Waals surface area contributed by atoms with Crippen LogP contribution in [0, 0.1) is 0 Å². The second-order valence-corrected chi connectivity index (χ2v) is 7.65. The molecule has 0 atom stereocenters. The number of aromatic nitrogens is 3. The van der Waals surface area contributed by atoms with E-state index in [-0.39, 0.29) is 0 Å². The second kappa shape index (κ2) is 9.76. The molecule has 0 aliphatic carbocycles. The number of anilines is 1. The Balaban J connectivity index is 1.35. The van der Waals surface area contributed by atoms with Crippen LogP contribution in [0.15, 0.2) is 36.5 Å². The fraction of sp³-hybridized carbons (Fsp3) is 0.409. The fourth-order valence-electron chi connectivity index (χ4n) is 3.88. The van der Waals surface area contributed by atoms with Crippen molar-refractivity contribution in [3.63, 3.8) is 0 Å². The number of benzene rings is 1. The lowest BCUT2D eigenvalue weighted by molar-refractivity contribution is 0.211. The molecule has 1 saturated heterocycles. The summed E-state index contributed by atoms with van der Waals surface area (Å²) in [5, 5.41) is 3.41. The number of likely N-dealkylation sites (N-methyl/N-ethyl adjacent to an activating group) is 1. The van der Waals surface area contributed by atoms with E-state index in [9.17, 15) is 4.79 Å². The highest BCUT2D eigenvalue weighted by molar-refractivity contribution is 5.87. The normalized spacial score (nSPS) is 15.6. The molecule has 0 radical (unpaired) electrons. The molecule has 4 rings (SSSR count). The molecular weight excluding hydrogens is 394 g/mol. The number of primary amides is 1. The highest BCUT2D eigenvalue weighted by Gasteiger charge is 2.14. The Bertz CT molecular complexity index is 1020. The van der Waals surface area contributed by atoms with Crippen molar-refractivity contribution in [1.29, 1.82) is 0 Å². The van der Waals surface area contributed by atoms with Crippen LogP contribution in [-0.4, -0.2) is 76.7 Å². The summed E-state index contributed by atoms with van der Waals surface area (Å²) in [6.07, 6.45) is 2.14. The van der Waals surface area contributed by atoms with Crippen LogP contribution >= 0.6 is 0 Å². The van der Waals surface area contributed by atoms with E-state index in [1.54, 1.807) is 18.3 Å². The van der Waals surface area contributed by atoms with Crippen LogP contribution < -0.4 is 15.8 Å². The average Bonchev–Trinajstić information content (AvgIpc) is 3.08. The first-order valence-corrected chi connectivity index (χ1v) is 10.7. The van der Waals surface area contributed by atoms with Crippen LogP contribution in [0.1, 0.15) is 13.3 Å². The predicted octanol–water partition coefficient (Wildman–Crippen LogP) is 2.52. The van der Waals surface area contributed by atoms with Crippen molar-refractivity contribution in [3.05, 3.63) is 36.5 Å². The number of pyridine rings is 1. The molecule has 31 heavy (non-hydrogen) atoms. The minimum absolute atomic E-state index is 0.328. The fourth-order valence-corrected chi connectivity index (χ4v) is 3.88. The van der Waals surface area contributed by atoms with Gasteiger partial charge in [0.05, 0.1) is 5.52 Å². The topological polar surface area (TPSA) is 112 Å². The number of hydrogen-bond donors (Lipinski definition) is 3. The zero-order valence-electron chi connectivity index (χ0n) is 17.8. The lowest BCUT2D eigenvalue weighted by Crippen LogP contribution is -2.33. The first-order valence-electron chi connectivity index (χ1n) is 10.7. The van der Waals surface area contributed by atoms with Gasteiger partial charge in [-0.2, -0.15) is 0 Å². The Morgan fingerprint density at radius 3 is 2.81 bits per heavy atom. The molecule has 4 N–H and O–H groups in total. The Morgan fingerprint density at radius 2 is 2.03 bits per heavy atom. The Labute approximate surface area is 181 Å². The monoisotopic (exact) mass is 423 g/mol. The highest BCUT2D eigenvalue weighted by atomic mass is 16.5. The van der Waals surface area contributed by atoms with Crippen molar-refractivity contribution in [2.24, 2.45) is 5.73 Å². The van der Waals surface area contributed by atoms with Crippen LogP contribution in [0.5, 0.6) is 5.75 Å². The number of fused-ring (bicyclic) bond motifs is 1. The molecule has 1 aromatic carbocycles. The molecule has 2 aromatic heterocycles. The minimum atomic E-state index is -0.864. The summed E-state index contributed by atoms with van der Waals surface area (Å²) in [5.41, 5.74) is 7.30. The SMILES string of the molecule is CCN1CCCN(CCNc2ccc(-c3nc4c(OC(N)=O)cccc4[nH]3)cn2)CC1. The number of aromatic amines is 1. The van der Waals surface area contributed by atoms with Gasteiger partial charge in [0.1, 0.15) is 17.2 Å². The number of ether oxygens (including phenoxy) is 1. The third-order valence-corrected chi connectivity index (χ3v) is 5.59. The number of nitrogens with one attached hydrogen (secondary N) is 2. The van der Waals surface area contributed by atoms with Gasteiger partial charge < -0.3 is 30.6 Å². The number of hydrogen-bond acceptors (Lipinski definition) is 7. The highest BCUT2D eigenvalue weighted by Crippen LogP contribution is 2.27. The number of amides is 1. The minimum Gasteiger partial charge on any atom is -0.408 e. The van der Waals surface area contributed by atoms with Crippen molar-refractivity contribution >= 4 is 22.9 Å². The molecule has 3 aromatic rings. The Hall–Kier alpha value is -3.17. The van der Waals surface area contributed by atoms with E-state index < -0.39 is 6.09 Å². The van der Waals surface area contributed by atoms with Gasteiger partial charge in [-0.15, -0.1) is 0 Å². The Kier molecular flexibility index (Phi) is 6.63. The standard InChI is InChI=1S/C22H29N7O2/c1-2-28-10-4-11-29(14-13-28)12-9-24-19-8-7-16(15-25-19)21-26-17-5-3-6-18(20(17)27-21)31-22(23)30/h3,5-8,15H,2,4,9-14H2,1H3,(H2,23,30)(H,24,25)(H,26,27). The molecule has 9 heteroatoms. The van der Waals surface area contributed by atoms with Gasteiger partial charge in [-0.1, -0.05) is 13.0 Å². The largest absolute Gasteiger partial charge is 0.410 e. The number of carbonyl (C=O) groups is 1. The molecular formula is C22H29N7O2. The molecule has 3 heterocycles. The van der Waals surface area contributed by atoms with Gasteiger partial charge in [-0.25, -0.2) is 14.8 Å². The summed E-state index contributed by atoms with van der Waals surface area (Å²) >= 11 is 0. The second-order valence-electron chi connectivity index (χ2n) is 7.65. The van der Waals surface area contributed by atoms with Gasteiger partial charge in [0.15, 0.2) is 5.75 Å². The number of nitrogens with zero attached hydrogens (tertiary/aromatic N) is 4. The summed E-state index contributed by atoms with van der Waals surface area (Å²) in [6.45, 7) is 9.84. The van der Waals surface area contributed by atoms with Gasteiger partial charge in [0.25, 0.3) is 0 Å². The van der Waals surface area contributed by atoms with Crippen molar-refractivity contribution in [3.8, 4) is 17.1 Å². The molecule has 164 valence electrons. The van der Waals surface area contributed by atoms with E-state index in [1.807, 2.05) is 18.2 Å². The van der Waals surface area contributed by atoms with Crippen molar-refractivity contribution in [1.82, 2.24) is 24.8 Å². The molecule has 9 nitrogen and oxygen atoms in total. The van der Waals surface area contributed by atoms with Crippen LogP contribution in [0.25, 0.3) is 22.4 Å². The van der Waals surface area contributed by atoms with Gasteiger partial charge in [0, 0.05) is 37.9 Å². The number of H-pyrrole nitrogens is 1. The third-order valence-electron chi connectivity index (χ3n) is 5.59. The Morgan fingerprint density at radius 1 is 1.19 bits per heavy atom. The molecule has 0 saturated carbocycles. The predicted molar refractivity (Wildman–Crippen MR) is 121 cm³/mol. The quantitative estimate of drug-likeness (QED) is 0.535. The smallest absolute Gasteiger partial charge is 0.408 e. The number of para-hydroxylation sites is 1. The summed E-state index contributed by atoms with van der Waals surface area (Å²) in [5.74, 6) is 1.82. The number of rotatable bonds is 7. The van der Waals surface area contributed by atoms with Gasteiger partial charge in [-0.05, 0) is 50.3 Å². The molecule has 1 amide bonds. The lowest BCUT2D eigenvalue weighted by Gasteiger charge is -2.21. The van der Waals surface area contributed by atoms with Crippen LogP contribution in [0.3, 0.4) is 0 Å². The summed E-state index contributed by atoms with van der Waals surface area (Å²) < 4.78 is 5.03. The first kappa shape index (κ1) is 21.1. The third kappa shape index (κ3) is 5.31. The van der Waals surface area contributed by atoms with Crippen molar-refractivity contribution in [2.75, 3.05) is 51.1 Å². The molecule has 0 bridgehead atoms. The van der Waals surface area contributed by atoms with E-state index >= 15 is 0 Å². The van der Waals surface area contributed by atoms with Crippen molar-refractivity contribution < 1.29 is 9.53 Å². The maximum atomic E-state index is 11.1. The van der Waals surface area contributed by atoms with E-state index in [4.69, 9.17) is 10.5 Å². The van der Waals surface area contributed by atoms with E-state index in [2.05, 4.69) is 37.0 Å². The van der Waals surface area contributed by atoms with Crippen LogP contribution in [0.4, 0.5) is 10.6 Å². The average molecular weight is 424 g/mol. The number of imidazole rings is 1. The molecule has 1 fully saturated rings. The molecule has 0 spiro atoms. The first-order chi connectivity index (χ1) is 15.1. The van der Waals surface area contributed by atoms with E-state index in [0.29, 0.717) is 17.1 Å². The number of carbonyl (C=O) groups excluding carboxylic acids is 1. The zero-order chi connectivity index (χ0) is 21.6. The van der Waals surface area contributed by atoms with E-state index in [0.717, 1.165) is 56.2 Å². The summed E-state index contributed by atoms with van der Waals surface area (Å²) in [6, 6.07) is 9.22. The van der Waals surface area contributed by atoms with Crippen LogP contribution in [0.2, 0.25) is 0 Å². The maximum Gasteiger partial charge on any atom is 0.410 e. The summed E-state index contributed by atoms with van der Waals surface area (Å²) in [4.78, 5) is 28.4. The zero-order valence-corrected chi connectivity index (χ0v) is 17.8. The number of nitrogens with two attached hydrogens (primary N) is 1. The molecule has 0 unspecified atom stereocenters. The summed E-state index contributed by atoms with van der Waals surface area (Å²) in [7, 11) is 0. The van der Waals surface area contributed by atoms with Crippen LogP contribution in [-0.2, 0) is 0 Å². The van der Waals surface area contributed by atoms with Crippen molar-refractivity contribution in [2.45, 2.75) is 13.3 Å².